The second-order valence-electron chi connectivity index (χ2n) is 4.36. The molecule has 0 aromatic carbocycles. The van der Waals surface area contributed by atoms with Crippen LogP contribution in [-0.4, -0.2) is 75.1 Å². The fourth-order valence-electron chi connectivity index (χ4n) is 1.25. The Balaban J connectivity index is 2.48. The van der Waals surface area contributed by atoms with Crippen LogP contribution in [0, 0.1) is 0 Å². The highest BCUT2D eigenvalue weighted by molar-refractivity contribution is 5.46. The van der Waals surface area contributed by atoms with Crippen LogP contribution in [0.25, 0.3) is 0 Å². The summed E-state index contributed by atoms with van der Waals surface area (Å²) >= 11 is 0. The van der Waals surface area contributed by atoms with Crippen LogP contribution in [0.1, 0.15) is 0 Å². The summed E-state index contributed by atoms with van der Waals surface area (Å²) in [4.78, 5) is 4.26. The molecule has 0 aromatic heterocycles. The molecule has 1 rings (SSSR count). The minimum Gasteiger partial charge on any atom is -0.304 e. The van der Waals surface area contributed by atoms with Crippen molar-refractivity contribution in [1.82, 2.24) is 9.80 Å². The summed E-state index contributed by atoms with van der Waals surface area (Å²) in [6.07, 6.45) is 2.96. The Morgan fingerprint density at radius 1 is 1.00 bits per heavy atom. The first kappa shape index (κ1) is 12.2. The number of quaternary nitrogens is 1. The SMILES string of the molecule is CN(C)CC[N+]1(CCN(C)C)[C]=NN=N1. The van der Waals surface area contributed by atoms with E-state index in [4.69, 9.17) is 0 Å². The van der Waals surface area contributed by atoms with Crippen molar-refractivity contribution in [3.8, 4) is 0 Å². The lowest BCUT2D eigenvalue weighted by Crippen LogP contribution is -2.47. The van der Waals surface area contributed by atoms with Crippen LogP contribution in [0.2, 0.25) is 0 Å². The molecule has 0 N–H and O–H groups in total. The van der Waals surface area contributed by atoms with E-state index in [1.54, 1.807) is 0 Å². The molecule has 6 nitrogen and oxygen atoms in total. The molecule has 0 fully saturated rings. The second-order valence-corrected chi connectivity index (χ2v) is 4.36. The molecule has 1 heterocycles. The van der Waals surface area contributed by atoms with Gasteiger partial charge in [0.25, 0.3) is 0 Å². The fourth-order valence-corrected chi connectivity index (χ4v) is 1.25. The third-order valence-corrected chi connectivity index (χ3v) is 2.32. The molecule has 15 heavy (non-hydrogen) atoms. The van der Waals surface area contributed by atoms with Crippen molar-refractivity contribution in [2.45, 2.75) is 0 Å². The quantitative estimate of drug-likeness (QED) is 0.587. The van der Waals surface area contributed by atoms with Gasteiger partial charge in [-0.15, -0.1) is 4.59 Å². The first-order valence-corrected chi connectivity index (χ1v) is 5.10. The van der Waals surface area contributed by atoms with E-state index in [2.05, 4.69) is 31.7 Å². The van der Waals surface area contributed by atoms with Gasteiger partial charge in [-0.25, -0.2) is 0 Å². The lowest BCUT2D eigenvalue weighted by Gasteiger charge is -2.24. The van der Waals surface area contributed by atoms with Crippen molar-refractivity contribution in [2.24, 2.45) is 15.5 Å². The Morgan fingerprint density at radius 3 is 1.87 bits per heavy atom. The molecule has 0 bridgehead atoms. The Labute approximate surface area is 91.4 Å². The minimum absolute atomic E-state index is 0.399. The van der Waals surface area contributed by atoms with Gasteiger partial charge in [-0.3, -0.25) is 0 Å². The molecule has 1 aliphatic heterocycles. The van der Waals surface area contributed by atoms with Crippen LogP contribution in [0.4, 0.5) is 0 Å². The van der Waals surface area contributed by atoms with Gasteiger partial charge in [0.15, 0.2) is 0 Å². The van der Waals surface area contributed by atoms with Gasteiger partial charge in [-0.05, 0) is 28.2 Å². The third kappa shape index (κ3) is 4.03. The van der Waals surface area contributed by atoms with E-state index < -0.39 is 0 Å². The van der Waals surface area contributed by atoms with Gasteiger partial charge in [-0.1, -0.05) is 5.10 Å². The van der Waals surface area contributed by atoms with Gasteiger partial charge in [0.2, 0.25) is 0 Å². The van der Waals surface area contributed by atoms with Crippen molar-refractivity contribution in [3.63, 3.8) is 0 Å². The lowest BCUT2D eigenvalue weighted by molar-refractivity contribution is -0.842. The van der Waals surface area contributed by atoms with Crippen molar-refractivity contribution in [3.05, 3.63) is 0 Å². The summed E-state index contributed by atoms with van der Waals surface area (Å²) < 4.78 is 0.399. The summed E-state index contributed by atoms with van der Waals surface area (Å²) in [6, 6.07) is 0. The maximum atomic E-state index is 4.14. The van der Waals surface area contributed by atoms with Gasteiger partial charge in [0.1, 0.15) is 13.1 Å². The summed E-state index contributed by atoms with van der Waals surface area (Å²) in [5.41, 5.74) is 0. The van der Waals surface area contributed by atoms with Crippen LogP contribution >= 0.6 is 0 Å². The molecule has 0 unspecified atom stereocenters. The number of likely N-dealkylation sites (N-methyl/N-ethyl adjacent to an activating group) is 2. The maximum absolute atomic E-state index is 4.14. The first-order valence-electron chi connectivity index (χ1n) is 5.10. The summed E-state index contributed by atoms with van der Waals surface area (Å²) in [7, 11) is 8.19. The highest BCUT2D eigenvalue weighted by Gasteiger charge is 2.31. The Kier molecular flexibility index (Phi) is 4.31. The average molecular weight is 212 g/mol. The van der Waals surface area contributed by atoms with E-state index >= 15 is 0 Å². The van der Waals surface area contributed by atoms with Crippen molar-refractivity contribution in [1.29, 1.82) is 0 Å². The van der Waals surface area contributed by atoms with Crippen LogP contribution in [0.15, 0.2) is 15.5 Å². The number of hydrogen-bond acceptors (Lipinski definition) is 5. The zero-order valence-electron chi connectivity index (χ0n) is 10.0. The van der Waals surface area contributed by atoms with E-state index in [9.17, 15) is 0 Å². The maximum Gasteiger partial charge on any atom is 0.364 e. The van der Waals surface area contributed by atoms with Gasteiger partial charge in [-0.2, -0.15) is 0 Å². The average Bonchev–Trinajstić information content (AvgIpc) is 2.61. The molecule has 85 valence electrons. The first-order chi connectivity index (χ1) is 7.04. The normalized spacial score (nSPS) is 18.3. The van der Waals surface area contributed by atoms with Crippen molar-refractivity contribution in [2.75, 3.05) is 54.4 Å². The smallest absolute Gasteiger partial charge is 0.304 e. The summed E-state index contributed by atoms with van der Waals surface area (Å²) in [5.74, 6) is 0. The third-order valence-electron chi connectivity index (χ3n) is 2.32. The van der Waals surface area contributed by atoms with E-state index in [1.807, 2.05) is 28.2 Å². The predicted molar refractivity (Wildman–Crippen MR) is 59.4 cm³/mol. The van der Waals surface area contributed by atoms with Crippen molar-refractivity contribution < 1.29 is 4.59 Å². The number of rotatable bonds is 6. The highest BCUT2D eigenvalue weighted by atomic mass is 15.8. The molecular weight excluding hydrogens is 192 g/mol. The van der Waals surface area contributed by atoms with Gasteiger partial charge in [0.05, 0.1) is 18.3 Å². The molecule has 0 amide bonds. The Hall–Kier alpha value is -0.850. The molecule has 0 aromatic rings. The molecule has 1 aliphatic rings. The predicted octanol–water partition coefficient (Wildman–Crippen LogP) is 0.128. The fraction of sp³-hybridized carbons (Fsp3) is 0.889. The number of nitrogens with zero attached hydrogens (tertiary/aromatic N) is 6. The monoisotopic (exact) mass is 212 g/mol. The van der Waals surface area contributed by atoms with Crippen LogP contribution < -0.4 is 0 Å². The lowest BCUT2D eigenvalue weighted by atomic mass is 10.4. The highest BCUT2D eigenvalue weighted by Crippen LogP contribution is 2.11. The standard InChI is InChI=1S/C9H20N6/c1-13(2)5-7-15(8-6-14(3)4)9-10-11-12-15/h5-8H2,1-4H3/q+1. The van der Waals surface area contributed by atoms with E-state index in [1.165, 1.54) is 0 Å². The van der Waals surface area contributed by atoms with Gasteiger partial charge >= 0.3 is 6.34 Å². The van der Waals surface area contributed by atoms with E-state index in [0.29, 0.717) is 4.59 Å². The second kappa shape index (κ2) is 5.29. The van der Waals surface area contributed by atoms with E-state index in [-0.39, 0.29) is 0 Å². The molecule has 1 radical (unpaired) electrons. The summed E-state index contributed by atoms with van der Waals surface area (Å²) in [5, 5.41) is 11.5. The zero-order valence-corrected chi connectivity index (χ0v) is 10.0. The van der Waals surface area contributed by atoms with Crippen LogP contribution in [-0.2, 0) is 0 Å². The van der Waals surface area contributed by atoms with E-state index in [0.717, 1.165) is 26.2 Å². The molecule has 0 atom stereocenters. The van der Waals surface area contributed by atoms with Crippen molar-refractivity contribution >= 4 is 6.34 Å². The molecule has 0 saturated carbocycles. The molecular formula is C9H20N6+. The van der Waals surface area contributed by atoms with Crippen LogP contribution in [0.5, 0.6) is 0 Å². The zero-order chi connectivity index (χ0) is 11.3. The minimum atomic E-state index is 0.399. The van der Waals surface area contributed by atoms with Crippen LogP contribution in [0.3, 0.4) is 0 Å². The summed E-state index contributed by atoms with van der Waals surface area (Å²) in [6.45, 7) is 3.64. The van der Waals surface area contributed by atoms with Gasteiger partial charge < -0.3 is 9.80 Å². The molecule has 6 heteroatoms. The molecule has 0 saturated heterocycles. The molecule has 0 aliphatic carbocycles. The largest absolute Gasteiger partial charge is 0.364 e. The topological polar surface area (TPSA) is 43.6 Å². The molecule has 0 spiro atoms. The van der Waals surface area contributed by atoms with Gasteiger partial charge in [0, 0.05) is 5.22 Å². The Bertz CT molecular complexity index is 219. The Morgan fingerprint density at radius 2 is 1.53 bits per heavy atom. The number of hydrogen-bond donors (Lipinski definition) is 0.